The van der Waals surface area contributed by atoms with E-state index in [0.717, 1.165) is 0 Å². The van der Waals surface area contributed by atoms with Crippen molar-refractivity contribution in [2.75, 3.05) is 124 Å². The number of para-hydroxylation sites is 3. The van der Waals surface area contributed by atoms with Crippen LogP contribution in [0.25, 0.3) is 0 Å². The Morgan fingerprint density at radius 2 is 0.722 bits per heavy atom. The quantitative estimate of drug-likeness (QED) is 0.110. The van der Waals surface area contributed by atoms with E-state index in [1.807, 2.05) is 14.7 Å². The van der Waals surface area contributed by atoms with Crippen LogP contribution in [0.2, 0.25) is 0 Å². The maximum Gasteiger partial charge on any atom is 0.255 e. The molecule has 11 N–H and O–H groups in total. The molecule has 0 radical (unpaired) electrons. The summed E-state index contributed by atoms with van der Waals surface area (Å²) in [6, 6.07) is 16.0. The molecule has 4 heterocycles. The molecule has 8 amide bonds. The monoisotopic (exact) mass is 1330 g/mol. The molecule has 428 valence electrons. The van der Waals surface area contributed by atoms with Crippen LogP contribution < -0.4 is 42.5 Å². The molecule has 5 atom stereocenters. The van der Waals surface area contributed by atoms with Gasteiger partial charge in [0.2, 0.25) is 5.91 Å². The summed E-state index contributed by atoms with van der Waals surface area (Å²) in [4.78, 5) is 117. The number of carbonyl (C=O) groups is 8. The molecule has 23 nitrogen and oxygen atoms in total. The van der Waals surface area contributed by atoms with Crippen molar-refractivity contribution in [2.24, 2.45) is 0 Å². The van der Waals surface area contributed by atoms with Crippen LogP contribution in [-0.2, 0) is 0 Å². The number of halogens is 1. The molecule has 79 heavy (non-hydrogen) atoms. The number of phenols is 3. The van der Waals surface area contributed by atoms with Gasteiger partial charge in [0.05, 0.1) is 39.4 Å². The molecule has 0 aliphatic carbocycles. The minimum absolute atomic E-state index is 0. The Morgan fingerprint density at radius 1 is 0.430 bits per heavy atom. The van der Waals surface area contributed by atoms with Gasteiger partial charge in [-0.1, -0.05) is 24.3 Å². The third-order valence-corrected chi connectivity index (χ3v) is 13.7. The molecule has 0 saturated heterocycles. The van der Waals surface area contributed by atoms with Crippen molar-refractivity contribution in [1.82, 2.24) is 62.1 Å². The summed E-state index contributed by atoms with van der Waals surface area (Å²) in [6.45, 7) is 3.85. The van der Waals surface area contributed by atoms with Gasteiger partial charge in [0.15, 0.2) is 0 Å². The zero-order chi connectivity index (χ0) is 55.7. The third kappa shape index (κ3) is 15.5. The third-order valence-electron chi connectivity index (χ3n) is 13.7. The fraction of sp³-hybridized carbons (Fsp3) is 0.389. The molecule has 4 aromatic carbocycles. The molecule has 4 aromatic rings. The van der Waals surface area contributed by atoms with E-state index < -0.39 is 77.2 Å². The van der Waals surface area contributed by atoms with Gasteiger partial charge in [-0.2, -0.15) is 0 Å². The maximum absolute atomic E-state index is 15.1. The fourth-order valence-electron chi connectivity index (χ4n) is 9.27. The molecule has 0 spiro atoms. The maximum atomic E-state index is 15.1. The fourth-order valence-corrected chi connectivity index (χ4v) is 9.27. The van der Waals surface area contributed by atoms with Crippen LogP contribution in [-0.4, -0.2) is 213 Å². The second-order valence-electron chi connectivity index (χ2n) is 18.9. The van der Waals surface area contributed by atoms with Crippen LogP contribution in [0.1, 0.15) is 88.4 Å². The van der Waals surface area contributed by atoms with E-state index >= 15 is 4.39 Å². The molecule has 5 unspecified atom stereocenters. The largest absolute Gasteiger partial charge is 0.506 e. The summed E-state index contributed by atoms with van der Waals surface area (Å²) < 4.78 is 15.1. The van der Waals surface area contributed by atoms with Gasteiger partial charge in [0.1, 0.15) is 23.9 Å². The predicted molar refractivity (Wildman–Crippen MR) is 284 cm³/mol. The van der Waals surface area contributed by atoms with Crippen LogP contribution in [0.5, 0.6) is 17.2 Å². The van der Waals surface area contributed by atoms with E-state index in [9.17, 15) is 53.7 Å². The number of rotatable bonds is 1. The van der Waals surface area contributed by atoms with Crippen molar-refractivity contribution in [3.05, 3.63) is 129 Å². The van der Waals surface area contributed by atoms with E-state index in [1.54, 1.807) is 30.0 Å². The first-order valence-electron chi connectivity index (χ1n) is 25.8. The Morgan fingerprint density at radius 3 is 1.10 bits per heavy atom. The number of amides is 8. The van der Waals surface area contributed by atoms with Crippen molar-refractivity contribution in [1.29, 1.82) is 0 Å². The molecular formula is C54H66FFmN12O11-. The summed E-state index contributed by atoms with van der Waals surface area (Å²) in [5.41, 5.74) is -0.210. The standard InChI is InChI=1S/C54H66FN12O11.Fm/c1-34-36-6-2-7-37(34)48(72)57-15-22-66-26-19-60-51(75)39-9-3-8-38(44(39)68)49(73)58-16-23-64(21-14-56-47(36)71)28-29-65-24-17-59-50(74)40-10-4-11-41(45(40)69)52(76)62-20-27-67(31-30-66)33-35(32-55)63-54(78)43-13-5-12-42(46(43)70)53(77)61-18-25-65;/h2-13,15,35,68-70H,14,16-33H2,1H3,(H,56,71)(H,57,72)(H,58,73)(H,59,74)(H,60,75)(H,61,77)(H,62,76)(H,63,78);/q-1;. The number of aromatic hydroxyl groups is 3. The molecule has 8 rings (SSSR count). The van der Waals surface area contributed by atoms with Gasteiger partial charge in [-0.15, -0.1) is 6.54 Å². The summed E-state index contributed by atoms with van der Waals surface area (Å²) >= 11 is 0. The first-order valence-corrected chi connectivity index (χ1v) is 25.8. The number of hydrogen-bond donors (Lipinski definition) is 11. The zero-order valence-corrected chi connectivity index (χ0v) is 46.0. The SMILES string of the molecule is Cc1c2cccc1C(=O)NCCN1CCNC(=O)c3cccc(c3O)C(=O)NCCN(C[CH-]NC2=O)CCN2CCNC(=O)c3cccc(c3O)C(=O)NCCN(CCNC(=O)c3cccc(c3O)C(=O)NC(CF)C2)CC1.[Fm]. The van der Waals surface area contributed by atoms with Gasteiger partial charge < -0.3 is 62.8 Å². The Balaban J connectivity index is 0.0000101. The number of benzene rings is 4. The van der Waals surface area contributed by atoms with Crippen LogP contribution in [0.4, 0.5) is 4.39 Å². The topological polar surface area (TPSA) is 306 Å². The summed E-state index contributed by atoms with van der Waals surface area (Å²) in [6.07, 6.45) is 0. The average Bonchev–Trinajstić information content (AvgIpc) is 3.43. The summed E-state index contributed by atoms with van der Waals surface area (Å²) in [5.74, 6) is -6.93. The Kier molecular flexibility index (Phi) is 21.1. The summed E-state index contributed by atoms with van der Waals surface area (Å²) in [7, 11) is 0. The molecule has 12 bridgehead atoms. The molecule has 4 aliphatic rings. The van der Waals surface area contributed by atoms with Crippen LogP contribution in [0.15, 0.2) is 72.8 Å². The van der Waals surface area contributed by atoms with Gasteiger partial charge in [0.25, 0.3) is 41.4 Å². The van der Waals surface area contributed by atoms with E-state index in [0.29, 0.717) is 5.56 Å². The van der Waals surface area contributed by atoms with E-state index in [4.69, 9.17) is 0 Å². The van der Waals surface area contributed by atoms with Crippen molar-refractivity contribution in [2.45, 2.75) is 13.0 Å². The van der Waals surface area contributed by atoms with Gasteiger partial charge in [-0.05, 0) is 61.0 Å². The minimum atomic E-state index is -1.21. The number of carbonyl (C=O) groups excluding carboxylic acids is 8. The van der Waals surface area contributed by atoms with Gasteiger partial charge in [-0.3, -0.25) is 53.1 Å². The molecule has 0 aromatic heterocycles. The number of nitrogens with one attached hydrogen (secondary N) is 8. The predicted octanol–water partition coefficient (Wildman–Crippen LogP) is -0.200. The molecular weight excluding hydrogens is 1270 g/mol. The number of phenolic OH excluding ortho intramolecular Hbond substituents is 3. The Bertz CT molecular complexity index is 2790. The number of hydrogen-bond acceptors (Lipinski definition) is 15. The van der Waals surface area contributed by atoms with Crippen LogP contribution >= 0.6 is 0 Å². The molecule has 4 aliphatic heterocycles. The second-order valence-corrected chi connectivity index (χ2v) is 18.9. The Labute approximate surface area is 450 Å². The minimum Gasteiger partial charge on any atom is -0.506 e. The van der Waals surface area contributed by atoms with Crippen LogP contribution in [0.3, 0.4) is 0 Å². The van der Waals surface area contributed by atoms with Crippen molar-refractivity contribution in [3.8, 4) is 17.2 Å². The zero-order valence-electron chi connectivity index (χ0n) is 43.6. The average molecular weight is 1340 g/mol. The second kappa shape index (κ2) is 28.3. The van der Waals surface area contributed by atoms with Gasteiger partial charge in [0, 0.05) is 122 Å². The van der Waals surface area contributed by atoms with E-state index in [-0.39, 0.29) is 162 Å². The molecule has 25 heteroatoms. The number of alkyl halides is 1. The number of nitrogens with zero attached hydrogens (tertiary/aromatic N) is 4. The van der Waals surface area contributed by atoms with Crippen LogP contribution in [0, 0.1) is 13.5 Å². The van der Waals surface area contributed by atoms with E-state index in [1.165, 1.54) is 61.1 Å². The van der Waals surface area contributed by atoms with E-state index in [2.05, 4.69) is 42.5 Å². The summed E-state index contributed by atoms with van der Waals surface area (Å²) in [5, 5.41) is 56.2. The van der Waals surface area contributed by atoms with Crippen molar-refractivity contribution in [3.63, 3.8) is 0 Å². The first-order chi connectivity index (χ1) is 37.6. The first kappa shape index (κ1) is 59.1. The van der Waals surface area contributed by atoms with Gasteiger partial charge in [-0.25, -0.2) is 10.9 Å². The normalized spacial score (nSPS) is 22.3. The van der Waals surface area contributed by atoms with Crippen molar-refractivity contribution >= 4 is 47.3 Å². The number of fused-ring (bicyclic) bond motifs is 16. The smallest absolute Gasteiger partial charge is 0.255 e. The van der Waals surface area contributed by atoms with Gasteiger partial charge >= 0.3 is 0 Å². The Hall–Kier alpha value is -9.19. The molecule has 0 saturated carbocycles. The van der Waals surface area contributed by atoms with Crippen molar-refractivity contribution < 1.29 is 58.1 Å². The molecule has 0 fully saturated rings.